The molecule has 4 nitrogen and oxygen atoms in total. The number of aliphatic hydroxyl groups excluding tert-OH is 1. The van der Waals surface area contributed by atoms with Crippen LogP contribution in [0, 0.1) is 0 Å². The molecule has 1 atom stereocenters. The molecule has 2 aromatic rings. The maximum absolute atomic E-state index is 13.0. The molecule has 0 heterocycles. The third kappa shape index (κ3) is 3.83. The SMILES string of the molecule is O=S(=O)(c1ccc(Br)c(Cl)c1)N(C[C@H](O)c1ccccc1)C1CC1. The van der Waals surface area contributed by atoms with Crippen LogP contribution in [-0.4, -0.2) is 30.4 Å². The van der Waals surface area contributed by atoms with E-state index >= 15 is 0 Å². The fourth-order valence-electron chi connectivity index (χ4n) is 2.53. The Kier molecular flexibility index (Phi) is 5.32. The first kappa shape index (κ1) is 17.9. The van der Waals surface area contributed by atoms with Crippen LogP contribution >= 0.6 is 27.5 Å². The number of halogens is 2. The summed E-state index contributed by atoms with van der Waals surface area (Å²) in [6, 6.07) is 13.6. The normalized spacial score (nSPS) is 16.3. The van der Waals surface area contributed by atoms with Crippen LogP contribution in [0.15, 0.2) is 57.9 Å². The maximum Gasteiger partial charge on any atom is 0.243 e. The topological polar surface area (TPSA) is 57.6 Å². The van der Waals surface area contributed by atoms with Gasteiger partial charge < -0.3 is 5.11 Å². The quantitative estimate of drug-likeness (QED) is 0.754. The Morgan fingerprint density at radius 2 is 1.88 bits per heavy atom. The number of aliphatic hydroxyl groups is 1. The van der Waals surface area contributed by atoms with E-state index < -0.39 is 16.1 Å². The van der Waals surface area contributed by atoms with Crippen molar-refractivity contribution in [3.63, 3.8) is 0 Å². The fourth-order valence-corrected chi connectivity index (χ4v) is 4.74. The average molecular weight is 431 g/mol. The summed E-state index contributed by atoms with van der Waals surface area (Å²) >= 11 is 9.31. The van der Waals surface area contributed by atoms with E-state index in [1.165, 1.54) is 16.4 Å². The molecule has 0 saturated heterocycles. The second-order valence-electron chi connectivity index (χ2n) is 5.81. The maximum atomic E-state index is 13.0. The molecule has 1 N–H and O–H groups in total. The highest BCUT2D eigenvalue weighted by Crippen LogP contribution is 2.35. The summed E-state index contributed by atoms with van der Waals surface area (Å²) in [5, 5.41) is 10.8. The zero-order chi connectivity index (χ0) is 17.3. The van der Waals surface area contributed by atoms with E-state index in [1.54, 1.807) is 18.2 Å². The molecule has 7 heteroatoms. The average Bonchev–Trinajstić information content (AvgIpc) is 3.40. The Morgan fingerprint density at radius 3 is 2.46 bits per heavy atom. The first-order valence-corrected chi connectivity index (χ1v) is 10.2. The van der Waals surface area contributed by atoms with Gasteiger partial charge in [0.2, 0.25) is 10.0 Å². The Balaban J connectivity index is 1.88. The van der Waals surface area contributed by atoms with E-state index in [-0.39, 0.29) is 17.5 Å². The molecule has 0 amide bonds. The van der Waals surface area contributed by atoms with Crippen LogP contribution in [0.1, 0.15) is 24.5 Å². The minimum absolute atomic E-state index is 0.0324. The van der Waals surface area contributed by atoms with Crippen molar-refractivity contribution < 1.29 is 13.5 Å². The molecule has 1 saturated carbocycles. The number of sulfonamides is 1. The highest BCUT2D eigenvalue weighted by molar-refractivity contribution is 9.10. The lowest BCUT2D eigenvalue weighted by Gasteiger charge is -2.25. The van der Waals surface area contributed by atoms with Gasteiger partial charge in [-0.2, -0.15) is 4.31 Å². The summed E-state index contributed by atoms with van der Waals surface area (Å²) in [5.74, 6) is 0. The second kappa shape index (κ2) is 7.14. The summed E-state index contributed by atoms with van der Waals surface area (Å²) < 4.78 is 28.0. The number of benzene rings is 2. The van der Waals surface area contributed by atoms with Crippen LogP contribution in [0.25, 0.3) is 0 Å². The molecular weight excluding hydrogens is 414 g/mol. The predicted molar refractivity (Wildman–Crippen MR) is 97.5 cm³/mol. The first-order valence-electron chi connectivity index (χ1n) is 7.59. The molecule has 0 radical (unpaired) electrons. The van der Waals surface area contributed by atoms with Crippen LogP contribution in [0.2, 0.25) is 5.02 Å². The van der Waals surface area contributed by atoms with Crippen molar-refractivity contribution in [1.82, 2.24) is 4.31 Å². The third-order valence-corrected chi connectivity index (χ3v) is 7.14. The van der Waals surface area contributed by atoms with E-state index in [4.69, 9.17) is 11.6 Å². The molecule has 1 fully saturated rings. The number of nitrogens with zero attached hydrogens (tertiary/aromatic N) is 1. The molecule has 0 unspecified atom stereocenters. The van der Waals surface area contributed by atoms with E-state index in [0.29, 0.717) is 15.1 Å². The van der Waals surface area contributed by atoms with Gasteiger partial charge in [0.15, 0.2) is 0 Å². The summed E-state index contributed by atoms with van der Waals surface area (Å²) in [6.07, 6.45) is 0.753. The molecule has 0 aliphatic heterocycles. The smallest absolute Gasteiger partial charge is 0.243 e. The van der Waals surface area contributed by atoms with Crippen molar-refractivity contribution in [3.05, 3.63) is 63.6 Å². The molecule has 128 valence electrons. The second-order valence-corrected chi connectivity index (χ2v) is 8.96. The Morgan fingerprint density at radius 1 is 1.21 bits per heavy atom. The molecule has 0 bridgehead atoms. The lowest BCUT2D eigenvalue weighted by Crippen LogP contribution is -2.36. The zero-order valence-corrected chi connectivity index (χ0v) is 15.9. The standard InChI is InChI=1S/C17H17BrClNO3S/c18-15-9-8-14(10-16(15)19)24(22,23)20(13-6-7-13)11-17(21)12-4-2-1-3-5-12/h1-5,8-10,13,17,21H,6-7,11H2/t17-/m0/s1. The van der Waals surface area contributed by atoms with Crippen molar-refractivity contribution >= 4 is 37.6 Å². The first-order chi connectivity index (χ1) is 11.4. The van der Waals surface area contributed by atoms with Crippen molar-refractivity contribution in [3.8, 4) is 0 Å². The van der Waals surface area contributed by atoms with Gasteiger partial charge in [0.1, 0.15) is 0 Å². The van der Waals surface area contributed by atoms with Crippen LogP contribution in [-0.2, 0) is 10.0 Å². The van der Waals surface area contributed by atoms with Crippen molar-refractivity contribution in [2.75, 3.05) is 6.54 Å². The minimum atomic E-state index is -3.71. The molecule has 3 rings (SSSR count). The Hall–Kier alpha value is -0.920. The van der Waals surface area contributed by atoms with Crippen LogP contribution in [0.3, 0.4) is 0 Å². The molecule has 0 aromatic heterocycles. The van der Waals surface area contributed by atoms with Gasteiger partial charge in [-0.3, -0.25) is 0 Å². The third-order valence-electron chi connectivity index (χ3n) is 3.99. The van der Waals surface area contributed by atoms with E-state index in [2.05, 4.69) is 15.9 Å². The van der Waals surface area contributed by atoms with Gasteiger partial charge in [0, 0.05) is 17.1 Å². The van der Waals surface area contributed by atoms with Crippen LogP contribution in [0.4, 0.5) is 0 Å². The van der Waals surface area contributed by atoms with Crippen LogP contribution in [0.5, 0.6) is 0 Å². The van der Waals surface area contributed by atoms with Gasteiger partial charge in [-0.1, -0.05) is 41.9 Å². The highest BCUT2D eigenvalue weighted by atomic mass is 79.9. The number of hydrogen-bond acceptors (Lipinski definition) is 3. The van der Waals surface area contributed by atoms with E-state index in [9.17, 15) is 13.5 Å². The monoisotopic (exact) mass is 429 g/mol. The zero-order valence-electron chi connectivity index (χ0n) is 12.8. The minimum Gasteiger partial charge on any atom is -0.387 e. The lowest BCUT2D eigenvalue weighted by atomic mass is 10.1. The molecule has 24 heavy (non-hydrogen) atoms. The van der Waals surface area contributed by atoms with E-state index in [0.717, 1.165) is 12.8 Å². The molecule has 1 aliphatic carbocycles. The Labute approximate surface area is 155 Å². The highest BCUT2D eigenvalue weighted by Gasteiger charge is 2.39. The van der Waals surface area contributed by atoms with Gasteiger partial charge in [-0.25, -0.2) is 8.42 Å². The van der Waals surface area contributed by atoms with Crippen molar-refractivity contribution in [2.45, 2.75) is 29.9 Å². The summed E-state index contributed by atoms with van der Waals surface area (Å²) in [7, 11) is -3.71. The van der Waals surface area contributed by atoms with Gasteiger partial charge in [-0.05, 0) is 52.5 Å². The van der Waals surface area contributed by atoms with Gasteiger partial charge in [0.25, 0.3) is 0 Å². The van der Waals surface area contributed by atoms with Crippen molar-refractivity contribution in [1.29, 1.82) is 0 Å². The fraction of sp³-hybridized carbons (Fsp3) is 0.294. The molecule has 1 aliphatic rings. The number of hydrogen-bond donors (Lipinski definition) is 1. The van der Waals surface area contributed by atoms with Gasteiger partial charge in [-0.15, -0.1) is 0 Å². The largest absolute Gasteiger partial charge is 0.387 e. The van der Waals surface area contributed by atoms with Crippen LogP contribution < -0.4 is 0 Å². The number of rotatable bonds is 6. The molecule has 0 spiro atoms. The summed E-state index contributed by atoms with van der Waals surface area (Å²) in [4.78, 5) is 0.142. The Bertz CT molecular complexity index is 825. The summed E-state index contributed by atoms with van der Waals surface area (Å²) in [6.45, 7) is 0.0324. The van der Waals surface area contributed by atoms with E-state index in [1.807, 2.05) is 18.2 Å². The van der Waals surface area contributed by atoms with Crippen molar-refractivity contribution in [2.24, 2.45) is 0 Å². The molecular formula is C17H17BrClNO3S. The molecule has 2 aromatic carbocycles. The summed E-state index contributed by atoms with van der Waals surface area (Å²) in [5.41, 5.74) is 0.701. The lowest BCUT2D eigenvalue weighted by molar-refractivity contribution is 0.145. The van der Waals surface area contributed by atoms with Gasteiger partial charge in [0.05, 0.1) is 16.0 Å². The predicted octanol–water partition coefficient (Wildman–Crippen LogP) is 3.99. The van der Waals surface area contributed by atoms with Gasteiger partial charge >= 0.3 is 0 Å².